The van der Waals surface area contributed by atoms with Gasteiger partial charge in [0, 0.05) is 17.7 Å². The highest BCUT2D eigenvalue weighted by Gasteiger charge is 2.10. The molecule has 0 amide bonds. The highest BCUT2D eigenvalue weighted by Crippen LogP contribution is 2.26. The summed E-state index contributed by atoms with van der Waals surface area (Å²) in [5, 5.41) is 17.7. The summed E-state index contributed by atoms with van der Waals surface area (Å²) in [6.07, 6.45) is 3.31. The Bertz CT molecular complexity index is 841. The van der Waals surface area contributed by atoms with Crippen LogP contribution in [0.5, 0.6) is 5.75 Å². The van der Waals surface area contributed by atoms with Crippen LogP contribution >= 0.6 is 0 Å². The second-order valence-electron chi connectivity index (χ2n) is 5.53. The van der Waals surface area contributed by atoms with Crippen LogP contribution in [0.25, 0.3) is 11.1 Å². The smallest absolute Gasteiger partial charge is 0.266 e. The molecule has 0 saturated heterocycles. The van der Waals surface area contributed by atoms with Crippen molar-refractivity contribution in [3.05, 3.63) is 51.9 Å². The quantitative estimate of drug-likeness (QED) is 0.788. The molecule has 2 aromatic rings. The molecule has 5 nitrogen and oxygen atoms in total. The van der Waals surface area contributed by atoms with E-state index in [1.165, 1.54) is 0 Å². The first-order valence-electron chi connectivity index (χ1n) is 7.90. The highest BCUT2D eigenvalue weighted by atomic mass is 16.5. The Hall–Kier alpha value is -3.05. The lowest BCUT2D eigenvalue weighted by Gasteiger charge is -2.09. The average Bonchev–Trinajstić information content (AvgIpc) is 2.57. The van der Waals surface area contributed by atoms with Gasteiger partial charge < -0.3 is 9.72 Å². The van der Waals surface area contributed by atoms with Gasteiger partial charge in [-0.1, -0.05) is 12.1 Å². The van der Waals surface area contributed by atoms with Crippen molar-refractivity contribution in [1.82, 2.24) is 4.98 Å². The fraction of sp³-hybridized carbons (Fsp3) is 0.316. The number of nitriles is 2. The van der Waals surface area contributed by atoms with Gasteiger partial charge >= 0.3 is 0 Å². The Morgan fingerprint density at radius 3 is 2.75 bits per heavy atom. The average molecular weight is 321 g/mol. The number of unbranched alkanes of at least 4 members (excludes halogenated alkanes) is 3. The van der Waals surface area contributed by atoms with Crippen molar-refractivity contribution in [1.29, 1.82) is 10.5 Å². The number of rotatable bonds is 7. The molecule has 0 saturated carbocycles. The molecule has 1 heterocycles. The van der Waals surface area contributed by atoms with Crippen LogP contribution in [0.4, 0.5) is 0 Å². The Labute approximate surface area is 141 Å². The van der Waals surface area contributed by atoms with Gasteiger partial charge in [-0.05, 0) is 49.9 Å². The molecule has 0 fully saturated rings. The van der Waals surface area contributed by atoms with Crippen molar-refractivity contribution in [2.75, 3.05) is 6.61 Å². The van der Waals surface area contributed by atoms with Crippen molar-refractivity contribution in [3.63, 3.8) is 0 Å². The Balaban J connectivity index is 2.13. The van der Waals surface area contributed by atoms with Gasteiger partial charge in [-0.3, -0.25) is 4.79 Å². The highest BCUT2D eigenvalue weighted by molar-refractivity contribution is 5.71. The van der Waals surface area contributed by atoms with E-state index in [-0.39, 0.29) is 11.1 Å². The van der Waals surface area contributed by atoms with Gasteiger partial charge in [-0.2, -0.15) is 10.5 Å². The number of nitrogens with zero attached hydrogens (tertiary/aromatic N) is 2. The van der Waals surface area contributed by atoms with Crippen LogP contribution in [0, 0.1) is 29.6 Å². The standard InChI is InChI=1S/C19H19N3O2/c1-14-11-17(18(13-21)19(23)22-14)15-7-6-8-16(12-15)24-10-5-3-2-4-9-20/h6-8,11-12H,2-5,10H2,1H3,(H,22,23). The number of aromatic nitrogens is 1. The molecule has 1 aromatic carbocycles. The molecular formula is C19H19N3O2. The fourth-order valence-electron chi connectivity index (χ4n) is 2.45. The van der Waals surface area contributed by atoms with Gasteiger partial charge in [0.15, 0.2) is 0 Å². The predicted molar refractivity (Wildman–Crippen MR) is 91.5 cm³/mol. The molecule has 0 atom stereocenters. The summed E-state index contributed by atoms with van der Waals surface area (Å²) >= 11 is 0. The van der Waals surface area contributed by atoms with Gasteiger partial charge in [-0.25, -0.2) is 0 Å². The molecule has 122 valence electrons. The van der Waals surface area contributed by atoms with E-state index in [4.69, 9.17) is 10.00 Å². The summed E-state index contributed by atoms with van der Waals surface area (Å²) in [5.74, 6) is 0.703. The molecule has 0 radical (unpaired) electrons. The van der Waals surface area contributed by atoms with Crippen LogP contribution in [0.1, 0.15) is 36.9 Å². The van der Waals surface area contributed by atoms with E-state index in [9.17, 15) is 10.1 Å². The van der Waals surface area contributed by atoms with E-state index in [2.05, 4.69) is 11.1 Å². The monoisotopic (exact) mass is 321 g/mol. The molecule has 5 heteroatoms. The zero-order valence-electron chi connectivity index (χ0n) is 13.6. The molecule has 1 N–H and O–H groups in total. The third-order valence-corrected chi connectivity index (χ3v) is 3.63. The Morgan fingerprint density at radius 1 is 1.17 bits per heavy atom. The summed E-state index contributed by atoms with van der Waals surface area (Å²) in [7, 11) is 0. The number of hydrogen-bond donors (Lipinski definition) is 1. The number of nitrogens with one attached hydrogen (secondary N) is 1. The zero-order chi connectivity index (χ0) is 17.4. The number of H-pyrrole nitrogens is 1. The first kappa shape index (κ1) is 17.3. The summed E-state index contributed by atoms with van der Waals surface area (Å²) in [6.45, 7) is 2.36. The summed E-state index contributed by atoms with van der Waals surface area (Å²) in [5.41, 5.74) is 1.82. The van der Waals surface area contributed by atoms with Gasteiger partial charge in [0.25, 0.3) is 5.56 Å². The Kier molecular flexibility index (Phi) is 6.16. The molecule has 24 heavy (non-hydrogen) atoms. The third-order valence-electron chi connectivity index (χ3n) is 3.63. The maximum atomic E-state index is 11.9. The molecule has 0 unspecified atom stereocenters. The first-order valence-corrected chi connectivity index (χ1v) is 7.90. The van der Waals surface area contributed by atoms with Crippen molar-refractivity contribution >= 4 is 0 Å². The molecule has 0 spiro atoms. The van der Waals surface area contributed by atoms with Crippen LogP contribution in [0.2, 0.25) is 0 Å². The van der Waals surface area contributed by atoms with E-state index >= 15 is 0 Å². The van der Waals surface area contributed by atoms with E-state index in [0.717, 1.165) is 24.8 Å². The largest absolute Gasteiger partial charge is 0.494 e. The van der Waals surface area contributed by atoms with Gasteiger partial charge in [0.1, 0.15) is 17.4 Å². The summed E-state index contributed by atoms with van der Waals surface area (Å²) < 4.78 is 5.73. The SMILES string of the molecule is Cc1cc(-c2cccc(OCCCCCC#N)c2)c(C#N)c(=O)[nH]1. The normalized spacial score (nSPS) is 9.96. The van der Waals surface area contributed by atoms with Crippen LogP contribution in [-0.4, -0.2) is 11.6 Å². The van der Waals surface area contributed by atoms with Crippen molar-refractivity contribution < 1.29 is 4.74 Å². The number of pyridine rings is 1. The van der Waals surface area contributed by atoms with Crippen LogP contribution in [-0.2, 0) is 0 Å². The molecule has 0 bridgehead atoms. The number of aryl methyl sites for hydroxylation is 1. The van der Waals surface area contributed by atoms with Crippen molar-refractivity contribution in [2.24, 2.45) is 0 Å². The van der Waals surface area contributed by atoms with Crippen molar-refractivity contribution in [3.8, 4) is 29.0 Å². The second-order valence-corrected chi connectivity index (χ2v) is 5.53. The van der Waals surface area contributed by atoms with E-state index in [1.807, 2.05) is 30.3 Å². The Morgan fingerprint density at radius 2 is 2.00 bits per heavy atom. The van der Waals surface area contributed by atoms with E-state index in [0.29, 0.717) is 30.0 Å². The predicted octanol–water partition coefficient (Wildman–Crippen LogP) is 3.68. The lowest BCUT2D eigenvalue weighted by Crippen LogP contribution is -2.12. The molecule has 0 aliphatic rings. The fourth-order valence-corrected chi connectivity index (χ4v) is 2.45. The molecular weight excluding hydrogens is 302 g/mol. The van der Waals surface area contributed by atoms with Crippen LogP contribution in [0.15, 0.2) is 35.1 Å². The summed E-state index contributed by atoms with van der Waals surface area (Å²) in [6, 6.07) is 13.3. The lowest BCUT2D eigenvalue weighted by atomic mass is 10.0. The van der Waals surface area contributed by atoms with E-state index in [1.54, 1.807) is 13.0 Å². The number of aromatic amines is 1. The first-order chi connectivity index (χ1) is 11.7. The topological polar surface area (TPSA) is 89.7 Å². The molecule has 0 aliphatic heterocycles. The molecule has 0 aliphatic carbocycles. The minimum Gasteiger partial charge on any atom is -0.494 e. The van der Waals surface area contributed by atoms with Gasteiger partial charge in [0.2, 0.25) is 0 Å². The minimum absolute atomic E-state index is 0.106. The van der Waals surface area contributed by atoms with E-state index < -0.39 is 0 Å². The second kappa shape index (κ2) is 8.55. The maximum Gasteiger partial charge on any atom is 0.266 e. The van der Waals surface area contributed by atoms with Crippen LogP contribution in [0.3, 0.4) is 0 Å². The zero-order valence-corrected chi connectivity index (χ0v) is 13.6. The van der Waals surface area contributed by atoms with Crippen molar-refractivity contribution in [2.45, 2.75) is 32.6 Å². The van der Waals surface area contributed by atoms with Gasteiger partial charge in [-0.15, -0.1) is 0 Å². The maximum absolute atomic E-state index is 11.9. The molecule has 1 aromatic heterocycles. The number of benzene rings is 1. The number of hydrogen-bond acceptors (Lipinski definition) is 4. The third kappa shape index (κ3) is 4.47. The van der Waals surface area contributed by atoms with Crippen LogP contribution < -0.4 is 10.3 Å². The minimum atomic E-state index is -0.378. The lowest BCUT2D eigenvalue weighted by molar-refractivity contribution is 0.305. The summed E-state index contributed by atoms with van der Waals surface area (Å²) in [4.78, 5) is 14.6. The molecule has 2 rings (SSSR count). The van der Waals surface area contributed by atoms with Gasteiger partial charge in [0.05, 0.1) is 12.7 Å². The number of ether oxygens (including phenoxy) is 1.